The molecule has 0 bridgehead atoms. The molecule has 698 valence electrons. The number of hydrogen-bond donors (Lipinski definition) is 4. The van der Waals surface area contributed by atoms with E-state index in [9.17, 15) is 4.79 Å². The number of nitrogens with zero attached hydrogens (tertiary/aromatic N) is 5. The number of benzene rings is 23. The number of nitrogens with two attached hydrogens (primary N) is 3. The molecule has 0 amide bonds. The van der Waals surface area contributed by atoms with Gasteiger partial charge in [-0.05, 0) is 321 Å². The van der Waals surface area contributed by atoms with Gasteiger partial charge in [0.05, 0.1) is 44.8 Å². The van der Waals surface area contributed by atoms with E-state index in [1.807, 2.05) is 146 Å². The number of halogens is 3. The van der Waals surface area contributed by atoms with Crippen LogP contribution < -0.4 is 27.4 Å². The van der Waals surface area contributed by atoms with E-state index in [2.05, 4.69) is 406 Å². The third-order valence-corrected chi connectivity index (χ3v) is 26.0. The van der Waals surface area contributed by atoms with Crippen LogP contribution in [0.2, 0.25) is 10.0 Å². The number of carbonyl (C=O) groups is 1. The molecule has 0 aliphatic heterocycles. The minimum atomic E-state index is 0. The number of aldehydes is 1. The first-order valence-electron chi connectivity index (χ1n) is 47.2. The zero-order valence-electron chi connectivity index (χ0n) is 78.1. The van der Waals surface area contributed by atoms with Crippen molar-refractivity contribution in [2.75, 3.05) is 27.4 Å². The summed E-state index contributed by atoms with van der Waals surface area (Å²) >= 11 is 13.9. The van der Waals surface area contributed by atoms with Crippen LogP contribution in [0.25, 0.3) is 143 Å². The van der Waals surface area contributed by atoms with E-state index in [1.54, 1.807) is 24.3 Å². The summed E-state index contributed by atoms with van der Waals surface area (Å²) in [4.78, 5) is 22.5. The number of anilines is 8. The van der Waals surface area contributed by atoms with E-state index in [-0.39, 0.29) is 7.43 Å². The molecule has 0 unspecified atom stereocenters. The SMILES string of the molecule is C.Clc1ccc(-c2nc3cc4ccccc4cc3n2-c2ccccc2)cc1.Ic1ccccc1.Nc1cc2ccccc2cc1N.Nc1cc2ccccc2cc1Nc1ccccc1.O=Cc1ccc(Cl)cc1.c1ccc(Cc2ccc(-c3ccc4ccccc4c3)cc2)cc1.c1ccc(N(c2ccc(-c3ccc4ccccc4c3)cc2)c2ccc(-c3nc4cc5ccccc5cc4n3-c3ccccc3)cc2)cc1. The van der Waals surface area contributed by atoms with Crippen LogP contribution in [0.1, 0.15) is 28.9 Å². The average molecular weight is 2020 g/mol. The van der Waals surface area contributed by atoms with Gasteiger partial charge in [0, 0.05) is 64.4 Å². The lowest BCUT2D eigenvalue weighted by molar-refractivity contribution is 0.112. The van der Waals surface area contributed by atoms with Crippen LogP contribution in [-0.2, 0) is 6.42 Å². The van der Waals surface area contributed by atoms with Crippen molar-refractivity contribution >= 4 is 184 Å². The van der Waals surface area contributed by atoms with E-state index in [1.165, 1.54) is 85.4 Å². The van der Waals surface area contributed by atoms with Crippen molar-refractivity contribution in [1.29, 1.82) is 0 Å². The molecule has 0 atom stereocenters. The molecule has 7 N–H and O–H groups in total. The van der Waals surface area contributed by atoms with Gasteiger partial charge >= 0.3 is 0 Å². The lowest BCUT2D eigenvalue weighted by Crippen LogP contribution is -2.09. The lowest BCUT2D eigenvalue weighted by Gasteiger charge is -2.26. The predicted molar refractivity (Wildman–Crippen MR) is 623 cm³/mol. The summed E-state index contributed by atoms with van der Waals surface area (Å²) in [5, 5.41) is 19.2. The Kier molecular flexibility index (Phi) is 31.3. The quantitative estimate of drug-likeness (QED) is 0.0478. The molecule has 144 heavy (non-hydrogen) atoms. The Morgan fingerprint density at radius 3 is 0.979 bits per heavy atom. The number of imidazole rings is 2. The zero-order chi connectivity index (χ0) is 97.6. The number of para-hydroxylation sites is 4. The van der Waals surface area contributed by atoms with Gasteiger partial charge in [-0.3, -0.25) is 13.9 Å². The molecule has 0 fully saturated rings. The number of rotatable bonds is 14. The van der Waals surface area contributed by atoms with Gasteiger partial charge in [-0.2, -0.15) is 0 Å². The van der Waals surface area contributed by atoms with E-state index in [0.717, 1.165) is 124 Å². The Bertz CT molecular complexity index is 8590. The minimum Gasteiger partial charge on any atom is -0.397 e. The minimum absolute atomic E-state index is 0. The first-order valence-corrected chi connectivity index (χ1v) is 49.0. The van der Waals surface area contributed by atoms with Crippen LogP contribution in [0.4, 0.5) is 45.5 Å². The van der Waals surface area contributed by atoms with Gasteiger partial charge in [-0.1, -0.05) is 370 Å². The maximum Gasteiger partial charge on any atom is 0.150 e. The summed E-state index contributed by atoms with van der Waals surface area (Å²) in [7, 11) is 0. The van der Waals surface area contributed by atoms with Gasteiger partial charge in [-0.25, -0.2) is 9.97 Å². The highest BCUT2D eigenvalue weighted by Gasteiger charge is 2.21. The molecular formula is C131H102Cl2IN9O. The molecule has 0 saturated heterocycles. The normalized spacial score (nSPS) is 10.7. The molecule has 2 aromatic heterocycles. The standard InChI is InChI=1S/C45H31N3.C23H15ClN2.C23H18.C16H14N2.C10H10N2.C7H5ClO.C6H5I.CH4/c1-3-15-39(16-4-1)47(41-25-21-33(22-26-41)38-20-19-32-11-7-8-12-35(32)29-38)42-27-23-34(24-28-42)45-46-43-30-36-13-9-10-14-37(36)31-44(43)48(45)40-17-5-2-6-18-40;24-19-12-10-16(11-13-19)23-25-21-14-17-6-4-5-7-18(17)15-22(21)26(23)20-8-2-1-3-9-20;1-2-6-18(7-3-1)16-19-10-12-21(13-11-19)23-15-14-20-8-4-5-9-22(20)17-23;17-15-10-12-6-4-5-7-13(12)11-16(15)18-14-8-2-1-3-9-14;11-9-5-7-3-1-2-4-8(7)6-10(9)12;8-7-3-1-6(5-9)2-4-7;7-6-4-2-1-3-5-6;/h1-31H;1-15H;1-15,17H,16H2;1-11,18H,17H2;1-6H,11-12H2;1-5H;1-5H;1H4. The third-order valence-electron chi connectivity index (χ3n) is 24.7. The second-order valence-electron chi connectivity index (χ2n) is 34.4. The summed E-state index contributed by atoms with van der Waals surface area (Å²) in [5.74, 6) is 1.84. The van der Waals surface area contributed by atoms with Crippen LogP contribution in [0.15, 0.2) is 534 Å². The number of fused-ring (bicyclic) bond motifs is 8. The first kappa shape index (κ1) is 96.8. The van der Waals surface area contributed by atoms with Crippen molar-refractivity contribution in [1.82, 2.24) is 19.1 Å². The van der Waals surface area contributed by atoms with Gasteiger partial charge in [-0.15, -0.1) is 0 Å². The Morgan fingerprint density at radius 1 is 0.278 bits per heavy atom. The molecule has 0 radical (unpaired) electrons. The highest BCUT2D eigenvalue weighted by atomic mass is 127. The summed E-state index contributed by atoms with van der Waals surface area (Å²) in [6, 6.07) is 184. The number of carbonyl (C=O) groups excluding carboxylic acids is 1. The summed E-state index contributed by atoms with van der Waals surface area (Å²) in [6.45, 7) is 0. The fourth-order valence-electron chi connectivity index (χ4n) is 17.4. The second-order valence-corrected chi connectivity index (χ2v) is 36.5. The fraction of sp³-hybridized carbons (Fsp3) is 0.0153. The molecule has 0 saturated carbocycles. The molecule has 25 rings (SSSR count). The van der Waals surface area contributed by atoms with Crippen molar-refractivity contribution < 1.29 is 4.79 Å². The smallest absolute Gasteiger partial charge is 0.150 e. The van der Waals surface area contributed by atoms with Gasteiger partial charge < -0.3 is 27.4 Å². The highest BCUT2D eigenvalue weighted by molar-refractivity contribution is 14.1. The van der Waals surface area contributed by atoms with Crippen LogP contribution >= 0.6 is 45.8 Å². The largest absolute Gasteiger partial charge is 0.397 e. The van der Waals surface area contributed by atoms with E-state index in [0.29, 0.717) is 22.0 Å². The molecule has 23 aromatic carbocycles. The molecular weight excluding hydrogens is 1910 g/mol. The summed E-state index contributed by atoms with van der Waals surface area (Å²) < 4.78 is 5.78. The lowest BCUT2D eigenvalue weighted by atomic mass is 9.98. The highest BCUT2D eigenvalue weighted by Crippen LogP contribution is 2.41. The van der Waals surface area contributed by atoms with Crippen molar-refractivity contribution in [3.63, 3.8) is 0 Å². The van der Waals surface area contributed by atoms with Crippen LogP contribution in [0.5, 0.6) is 0 Å². The van der Waals surface area contributed by atoms with Gasteiger partial charge in [0.25, 0.3) is 0 Å². The summed E-state index contributed by atoms with van der Waals surface area (Å²) in [5.41, 5.74) is 41.5. The molecule has 13 heteroatoms. The van der Waals surface area contributed by atoms with Gasteiger partial charge in [0.1, 0.15) is 17.9 Å². The monoisotopic (exact) mass is 2010 g/mol. The fourth-order valence-corrected chi connectivity index (χ4v) is 18.1. The average Bonchev–Trinajstić information content (AvgIpc) is 1.60. The molecule has 10 nitrogen and oxygen atoms in total. The van der Waals surface area contributed by atoms with Crippen molar-refractivity contribution in [2.24, 2.45) is 0 Å². The Morgan fingerprint density at radius 2 is 0.576 bits per heavy atom. The van der Waals surface area contributed by atoms with E-state index >= 15 is 0 Å². The van der Waals surface area contributed by atoms with Crippen molar-refractivity contribution in [3.05, 3.63) is 564 Å². The number of hydrogen-bond acceptors (Lipinski definition) is 8. The van der Waals surface area contributed by atoms with Crippen molar-refractivity contribution in [2.45, 2.75) is 13.8 Å². The molecule has 0 aliphatic rings. The summed E-state index contributed by atoms with van der Waals surface area (Å²) in [6.07, 6.45) is 1.77. The zero-order valence-corrected chi connectivity index (χ0v) is 81.8. The first-order chi connectivity index (χ1) is 70.3. The number of nitrogens with one attached hydrogen (secondary N) is 1. The maximum atomic E-state index is 10.1. The molecule has 2 heterocycles. The van der Waals surface area contributed by atoms with E-state index in [4.69, 9.17) is 50.4 Å². The van der Waals surface area contributed by atoms with Gasteiger partial charge in [0.15, 0.2) is 0 Å². The maximum absolute atomic E-state index is 10.1. The van der Waals surface area contributed by atoms with Crippen LogP contribution in [0.3, 0.4) is 0 Å². The number of aromatic nitrogens is 4. The predicted octanol–water partition coefficient (Wildman–Crippen LogP) is 36.0. The Balaban J connectivity index is 0.000000121. The molecule has 0 spiro atoms. The molecule has 0 aliphatic carbocycles. The topological polar surface area (TPSA) is 146 Å². The molecule has 25 aromatic rings. The van der Waals surface area contributed by atoms with Gasteiger partial charge in [0.2, 0.25) is 0 Å². The third kappa shape index (κ3) is 23.8. The van der Waals surface area contributed by atoms with Crippen LogP contribution in [-0.4, -0.2) is 25.4 Å². The number of nitrogen functional groups attached to an aromatic ring is 3. The van der Waals surface area contributed by atoms with Crippen LogP contribution in [0, 0.1) is 3.57 Å². The Hall–Kier alpha value is -17.5. The Labute approximate surface area is 863 Å². The van der Waals surface area contributed by atoms with Crippen molar-refractivity contribution in [3.8, 4) is 56.4 Å². The van der Waals surface area contributed by atoms with E-state index < -0.39 is 0 Å². The second kappa shape index (κ2) is 46.5.